The van der Waals surface area contributed by atoms with Crippen LogP contribution in [0.5, 0.6) is 0 Å². The average molecular weight is 369 g/mol. The number of hydrogen-bond acceptors (Lipinski definition) is 4. The molecule has 0 N–H and O–H groups in total. The number of sulfonamides is 1. The van der Waals surface area contributed by atoms with Gasteiger partial charge in [0.1, 0.15) is 0 Å². The molecule has 2 fully saturated rings. The Morgan fingerprint density at radius 1 is 0.917 bits per heavy atom. The zero-order valence-corrected chi connectivity index (χ0v) is 15.4. The normalized spacial score (nSPS) is 19.6. The van der Waals surface area contributed by atoms with Gasteiger partial charge in [-0.3, -0.25) is 4.79 Å². The van der Waals surface area contributed by atoms with Gasteiger partial charge in [0.25, 0.3) is 0 Å². The second-order valence-electron chi connectivity index (χ2n) is 6.31. The number of nitrogens with zero attached hydrogens (tertiary/aromatic N) is 2. The molecule has 0 aliphatic carbocycles. The van der Waals surface area contributed by atoms with Crippen molar-refractivity contribution in [3.63, 3.8) is 0 Å². The van der Waals surface area contributed by atoms with Crippen LogP contribution in [0.2, 0.25) is 0 Å². The molecule has 0 aromatic heterocycles. The van der Waals surface area contributed by atoms with Gasteiger partial charge in [-0.2, -0.15) is 4.31 Å². The number of carbonyl (C=O) groups is 1. The molecule has 2 saturated heterocycles. The van der Waals surface area contributed by atoms with Crippen LogP contribution in [0, 0.1) is 0 Å². The average Bonchev–Trinajstić information content (AvgIpc) is 3.16. The number of benzene rings is 1. The number of likely N-dealkylation sites (tertiary alicyclic amines) is 1. The first kappa shape index (κ1) is 17.8. The van der Waals surface area contributed by atoms with E-state index in [1.165, 1.54) is 18.2 Å². The molecule has 2 aliphatic heterocycles. The van der Waals surface area contributed by atoms with Gasteiger partial charge >= 0.3 is 0 Å². The van der Waals surface area contributed by atoms with Crippen molar-refractivity contribution in [2.75, 3.05) is 31.9 Å². The lowest BCUT2D eigenvalue weighted by Crippen LogP contribution is -2.36. The maximum absolute atomic E-state index is 12.5. The van der Waals surface area contributed by atoms with Crippen LogP contribution < -0.4 is 0 Å². The van der Waals surface area contributed by atoms with Crippen LogP contribution >= 0.6 is 11.8 Å². The molecule has 2 heterocycles. The number of thioether (sulfide) groups is 1. The van der Waals surface area contributed by atoms with E-state index in [-0.39, 0.29) is 5.91 Å². The van der Waals surface area contributed by atoms with Gasteiger partial charge in [0.2, 0.25) is 15.9 Å². The maximum Gasteiger partial charge on any atom is 0.243 e. The minimum Gasteiger partial charge on any atom is -0.342 e. The van der Waals surface area contributed by atoms with Crippen LogP contribution in [0.4, 0.5) is 0 Å². The fourth-order valence-electron chi connectivity index (χ4n) is 3.17. The van der Waals surface area contributed by atoms with E-state index in [4.69, 9.17) is 0 Å². The van der Waals surface area contributed by atoms with Crippen molar-refractivity contribution in [1.82, 2.24) is 9.21 Å². The van der Waals surface area contributed by atoms with Gasteiger partial charge < -0.3 is 4.90 Å². The second kappa shape index (κ2) is 7.89. The summed E-state index contributed by atoms with van der Waals surface area (Å²) in [6.07, 6.45) is 5.28. The second-order valence-corrected chi connectivity index (χ2v) is 9.30. The van der Waals surface area contributed by atoms with E-state index in [9.17, 15) is 13.2 Å². The molecule has 0 atom stereocenters. The molecule has 1 aromatic carbocycles. The Labute approximate surface area is 148 Å². The summed E-state index contributed by atoms with van der Waals surface area (Å²) in [5, 5.41) is 0. The smallest absolute Gasteiger partial charge is 0.243 e. The Morgan fingerprint density at radius 3 is 2.12 bits per heavy atom. The molecule has 132 valence electrons. The largest absolute Gasteiger partial charge is 0.342 e. The van der Waals surface area contributed by atoms with E-state index in [1.807, 2.05) is 4.90 Å². The third kappa shape index (κ3) is 4.13. The highest BCUT2D eigenvalue weighted by molar-refractivity contribution is 8.00. The predicted molar refractivity (Wildman–Crippen MR) is 95.6 cm³/mol. The molecular formula is C17H24N2O3S2. The molecule has 0 bridgehead atoms. The van der Waals surface area contributed by atoms with Crippen molar-refractivity contribution >= 4 is 27.7 Å². The summed E-state index contributed by atoms with van der Waals surface area (Å²) in [6.45, 7) is 2.96. The van der Waals surface area contributed by atoms with E-state index in [0.717, 1.165) is 43.7 Å². The monoisotopic (exact) mass is 368 g/mol. The van der Waals surface area contributed by atoms with Gasteiger partial charge in [-0.05, 0) is 56.4 Å². The lowest BCUT2D eigenvalue weighted by molar-refractivity contribution is -0.129. The Morgan fingerprint density at radius 2 is 1.50 bits per heavy atom. The van der Waals surface area contributed by atoms with E-state index >= 15 is 0 Å². The fourth-order valence-corrected chi connectivity index (χ4v) is 5.48. The van der Waals surface area contributed by atoms with Crippen LogP contribution in [-0.4, -0.2) is 55.5 Å². The molecule has 3 rings (SSSR count). The topological polar surface area (TPSA) is 57.7 Å². The first-order valence-corrected chi connectivity index (χ1v) is 11.0. The van der Waals surface area contributed by atoms with Gasteiger partial charge in [0.05, 0.1) is 10.6 Å². The minimum atomic E-state index is -3.35. The van der Waals surface area contributed by atoms with Gasteiger partial charge in [0, 0.05) is 31.1 Å². The van der Waals surface area contributed by atoms with Gasteiger partial charge in [-0.15, -0.1) is 11.8 Å². The highest BCUT2D eigenvalue weighted by Crippen LogP contribution is 2.25. The molecule has 0 spiro atoms. The highest BCUT2D eigenvalue weighted by atomic mass is 32.2. The first-order chi connectivity index (χ1) is 11.6. The van der Waals surface area contributed by atoms with Gasteiger partial charge in [-0.1, -0.05) is 0 Å². The van der Waals surface area contributed by atoms with Gasteiger partial charge in [-0.25, -0.2) is 8.42 Å². The van der Waals surface area contributed by atoms with Gasteiger partial charge in [0.15, 0.2) is 0 Å². The molecular weight excluding hydrogens is 344 g/mol. The standard InChI is InChI=1S/C17H24N2O3S2/c20-17(18-10-2-1-3-11-18)14-23-15-6-8-16(9-7-15)24(21,22)19-12-4-5-13-19/h6-9H,1-5,10-14H2. The molecule has 0 radical (unpaired) electrons. The summed E-state index contributed by atoms with van der Waals surface area (Å²) in [4.78, 5) is 15.4. The van der Waals surface area contributed by atoms with Crippen LogP contribution in [0.1, 0.15) is 32.1 Å². The molecule has 24 heavy (non-hydrogen) atoms. The van der Waals surface area contributed by atoms with Crippen LogP contribution in [-0.2, 0) is 14.8 Å². The van der Waals surface area contributed by atoms with Crippen LogP contribution in [0.3, 0.4) is 0 Å². The lowest BCUT2D eigenvalue weighted by atomic mass is 10.1. The molecule has 1 amide bonds. The van der Waals surface area contributed by atoms with Crippen molar-refractivity contribution < 1.29 is 13.2 Å². The summed E-state index contributed by atoms with van der Waals surface area (Å²) < 4.78 is 26.5. The third-order valence-electron chi connectivity index (χ3n) is 4.60. The quantitative estimate of drug-likeness (QED) is 0.750. The van der Waals surface area contributed by atoms with Crippen molar-refractivity contribution in [1.29, 1.82) is 0 Å². The molecule has 5 nitrogen and oxygen atoms in total. The summed E-state index contributed by atoms with van der Waals surface area (Å²) in [6, 6.07) is 6.91. The summed E-state index contributed by atoms with van der Waals surface area (Å²) in [7, 11) is -3.35. The number of carbonyl (C=O) groups excluding carboxylic acids is 1. The number of amides is 1. The fraction of sp³-hybridized carbons (Fsp3) is 0.588. The number of piperidine rings is 1. The van der Waals surface area contributed by atoms with E-state index in [2.05, 4.69) is 0 Å². The Bertz CT molecular complexity index is 662. The molecule has 0 saturated carbocycles. The molecule has 2 aliphatic rings. The summed E-state index contributed by atoms with van der Waals surface area (Å²) in [5.41, 5.74) is 0. The summed E-state index contributed by atoms with van der Waals surface area (Å²) in [5.74, 6) is 0.589. The maximum atomic E-state index is 12.5. The lowest BCUT2D eigenvalue weighted by Gasteiger charge is -2.26. The Balaban J connectivity index is 1.57. The van der Waals surface area contributed by atoms with Crippen molar-refractivity contribution in [2.45, 2.75) is 41.9 Å². The van der Waals surface area contributed by atoms with E-state index < -0.39 is 10.0 Å². The van der Waals surface area contributed by atoms with Crippen LogP contribution in [0.15, 0.2) is 34.1 Å². The van der Waals surface area contributed by atoms with Crippen molar-refractivity contribution in [3.05, 3.63) is 24.3 Å². The Hall–Kier alpha value is -1.05. The number of rotatable bonds is 5. The molecule has 1 aromatic rings. The Kier molecular flexibility index (Phi) is 5.84. The third-order valence-corrected chi connectivity index (χ3v) is 7.51. The van der Waals surface area contributed by atoms with Crippen LogP contribution in [0.25, 0.3) is 0 Å². The minimum absolute atomic E-state index is 0.175. The molecule has 7 heteroatoms. The van der Waals surface area contributed by atoms with E-state index in [1.54, 1.807) is 28.6 Å². The SMILES string of the molecule is O=C(CSc1ccc(S(=O)(=O)N2CCCC2)cc1)N1CCCCC1. The van der Waals surface area contributed by atoms with Crippen molar-refractivity contribution in [2.24, 2.45) is 0 Å². The first-order valence-electron chi connectivity index (χ1n) is 8.58. The van der Waals surface area contributed by atoms with E-state index in [0.29, 0.717) is 23.7 Å². The zero-order chi connectivity index (χ0) is 17.0. The number of hydrogen-bond donors (Lipinski definition) is 0. The predicted octanol–water partition coefficient (Wildman–Crippen LogP) is 2.58. The van der Waals surface area contributed by atoms with Crippen molar-refractivity contribution in [3.8, 4) is 0 Å². The highest BCUT2D eigenvalue weighted by Gasteiger charge is 2.27. The zero-order valence-electron chi connectivity index (χ0n) is 13.8. The molecule has 0 unspecified atom stereocenters. The summed E-state index contributed by atoms with van der Waals surface area (Å²) >= 11 is 1.47.